The summed E-state index contributed by atoms with van der Waals surface area (Å²) in [6.45, 7) is 65.7. The van der Waals surface area contributed by atoms with Crippen molar-refractivity contribution in [1.82, 2.24) is 72.4 Å². The van der Waals surface area contributed by atoms with Crippen molar-refractivity contribution in [3.63, 3.8) is 0 Å². The van der Waals surface area contributed by atoms with Crippen LogP contribution in [0, 0.1) is 6.92 Å². The first-order valence-corrected chi connectivity index (χ1v) is 35.4. The Balaban J connectivity index is -0.0000000939. The van der Waals surface area contributed by atoms with E-state index in [0.29, 0.717) is 36.8 Å². The number of imidazole rings is 4. The van der Waals surface area contributed by atoms with Gasteiger partial charge in [-0.15, -0.1) is 24.0 Å². The fourth-order valence-corrected chi connectivity index (χ4v) is 9.30. The van der Waals surface area contributed by atoms with Gasteiger partial charge in [0.05, 0.1) is 40.2 Å². The zero-order chi connectivity index (χ0) is 73.3. The van der Waals surface area contributed by atoms with Gasteiger partial charge in [-0.25, -0.2) is 43.9 Å². The molecular weight excluding hydrogens is 1820 g/mol. The van der Waals surface area contributed by atoms with Gasteiger partial charge in [0.2, 0.25) is 0 Å². The average molecular weight is 1970 g/mol. The number of H-pyrrole nitrogens is 3. The Labute approximate surface area is 690 Å². The third-order valence-corrected chi connectivity index (χ3v) is 13.3. The molecule has 1 radical (unpaired) electrons. The standard InChI is InChI=1S/C14H18N4O3.C13H18N4O.C11H14N4O.C10H11N3O.C2H4O.10C2H6.C2H5.4CH4.HI.2W.Y/c1-14(2,3)21-13(20)17-7-9(8-17)18-11-10(16-12(18)19)5-4-6-15-11;1-3-15-8-10(9-15)17-12-11(6-5-7-14-12)16(4-2)13(17)18;1-2-14-6-8(7-14)15-10-9(13-11(15)16)4-3-5-12-10;14-10-12-8-5-2-6-11-9(8)13(10)7-3-1-4-7;1-2-3;11*1-2;;;;;;;;/h4-6,9H,7-8H2,1-3H3,(H,16,19);5-7,10H,3-4,8-9H2,1-2H3;3-5,8H,2,6-7H2,1H3,(H,13,16);2,5-7H,1,3-4H2,(H,12,14);2H,1H3;10*1-2H3;1H2,2H3;4*1H4;1H;;;/q;;;;;;;;;;;;;;;-1;;;;;;;;. The number of nitrogens with zero attached hydrogens (tertiary/aromatic N) is 12. The molecule has 8 aromatic rings. The molecule has 0 bridgehead atoms. The Hall–Kier alpha value is -4.25. The first kappa shape index (κ1) is 124. The number of aryl methyl sites for hydroxylation is 1. The Bertz CT molecular complexity index is 3420. The van der Waals surface area contributed by atoms with Crippen molar-refractivity contribution in [2.24, 2.45) is 0 Å². The van der Waals surface area contributed by atoms with Gasteiger partial charge in [0.15, 0.2) is 22.6 Å². The maximum atomic E-state index is 12.4. The summed E-state index contributed by atoms with van der Waals surface area (Å²) in [7, 11) is 0. The number of rotatable bonds is 7. The molecule has 591 valence electrons. The number of likely N-dealkylation sites (tertiary alicyclic amines) is 3. The number of likely N-dealkylation sites (N-methyl/N-ethyl adjacent to an activating group) is 2. The molecule has 26 heteroatoms. The summed E-state index contributed by atoms with van der Waals surface area (Å²) in [4.78, 5) is 100. The second-order valence-corrected chi connectivity index (χ2v) is 19.1. The molecule has 3 N–H and O–H groups in total. The van der Waals surface area contributed by atoms with Crippen LogP contribution >= 0.6 is 24.0 Å². The number of aromatic amines is 3. The number of hydrogen-bond donors (Lipinski definition) is 3. The fraction of sp³-hybridized carbons (Fsp3) is 0.645. The van der Waals surface area contributed by atoms with E-state index in [0.717, 1.165) is 91.9 Å². The van der Waals surface area contributed by atoms with Crippen LogP contribution in [0.3, 0.4) is 0 Å². The molecule has 3 saturated heterocycles. The topological polar surface area (TPSA) is 245 Å². The molecule has 102 heavy (non-hydrogen) atoms. The summed E-state index contributed by atoms with van der Waals surface area (Å²) >= 11 is 0. The van der Waals surface area contributed by atoms with Crippen molar-refractivity contribution in [3.05, 3.63) is 122 Å². The van der Waals surface area contributed by atoms with Crippen molar-refractivity contribution in [1.29, 1.82) is 0 Å². The van der Waals surface area contributed by atoms with Crippen LogP contribution in [0.15, 0.2) is 92.5 Å². The fourth-order valence-electron chi connectivity index (χ4n) is 9.30. The number of ether oxygens (including phenoxy) is 1. The molecule has 4 fully saturated rings. The van der Waals surface area contributed by atoms with Crippen molar-refractivity contribution < 1.29 is 89.2 Å². The van der Waals surface area contributed by atoms with E-state index in [1.165, 1.54) is 13.3 Å². The number of nitrogens with one attached hydrogen (secondary N) is 3. The molecule has 1 aliphatic carbocycles. The van der Waals surface area contributed by atoms with Gasteiger partial charge < -0.3 is 36.3 Å². The van der Waals surface area contributed by atoms with Gasteiger partial charge in [0.25, 0.3) is 0 Å². The number of amides is 1. The molecule has 1 amide bonds. The zero-order valence-electron chi connectivity index (χ0n) is 65.5. The van der Waals surface area contributed by atoms with E-state index in [2.05, 4.69) is 65.5 Å². The summed E-state index contributed by atoms with van der Waals surface area (Å²) in [5.41, 5.74) is 5.62. The predicted octanol–water partition coefficient (Wildman–Crippen LogP) is 19.1. The minimum absolute atomic E-state index is 0. The van der Waals surface area contributed by atoms with Gasteiger partial charge in [0, 0.05) is 151 Å². The molecule has 1 saturated carbocycles. The molecule has 0 aromatic carbocycles. The summed E-state index contributed by atoms with van der Waals surface area (Å²) in [5.74, 6) is 0. The Morgan fingerprint density at radius 1 is 0.490 bits per heavy atom. The van der Waals surface area contributed by atoms with Crippen molar-refractivity contribution >= 4 is 81.0 Å². The van der Waals surface area contributed by atoms with E-state index >= 15 is 0 Å². The predicted molar refractivity (Wildman–Crippen MR) is 441 cm³/mol. The van der Waals surface area contributed by atoms with Crippen LogP contribution in [-0.2, 0) is 90.9 Å². The first-order valence-electron chi connectivity index (χ1n) is 35.4. The molecule has 11 heterocycles. The summed E-state index contributed by atoms with van der Waals surface area (Å²) < 4.78 is 14.1. The normalized spacial score (nSPS) is 12.3. The third-order valence-electron chi connectivity index (χ3n) is 13.3. The molecule has 4 aliphatic rings. The average Bonchev–Trinajstić information content (AvgIpc) is 1.62. The molecule has 0 unspecified atom stereocenters. The number of carbonyl (C=O) groups excluding carboxylic acids is 2. The maximum absolute atomic E-state index is 12.4. The van der Waals surface area contributed by atoms with Crippen LogP contribution < -0.4 is 22.8 Å². The van der Waals surface area contributed by atoms with Crippen LogP contribution in [0.4, 0.5) is 4.79 Å². The number of carbonyl (C=O) groups is 2. The monoisotopic (exact) mass is 1970 g/mol. The molecule has 22 nitrogen and oxygen atoms in total. The number of pyridine rings is 4. The maximum Gasteiger partial charge on any atom is 0.410 e. The quantitative estimate of drug-likeness (QED) is 0.0764. The number of aromatic nitrogens is 12. The van der Waals surface area contributed by atoms with Crippen LogP contribution in [0.5, 0.6) is 0 Å². The van der Waals surface area contributed by atoms with Crippen molar-refractivity contribution in [2.75, 3.05) is 52.4 Å². The number of fused-ring (bicyclic) bond motifs is 4. The molecule has 3 aliphatic heterocycles. The van der Waals surface area contributed by atoms with Crippen LogP contribution in [0.25, 0.3) is 44.7 Å². The summed E-state index contributed by atoms with van der Waals surface area (Å²) in [5, 5.41) is 0. The molecular formula is C76H147IN15O7W2Y-. The Morgan fingerprint density at radius 3 is 1.04 bits per heavy atom. The Kier molecular flexibility index (Phi) is 89.8. The van der Waals surface area contributed by atoms with Crippen LogP contribution in [0.1, 0.15) is 267 Å². The van der Waals surface area contributed by atoms with Crippen LogP contribution in [0.2, 0.25) is 0 Å². The van der Waals surface area contributed by atoms with Crippen molar-refractivity contribution in [2.45, 2.75) is 279 Å². The van der Waals surface area contributed by atoms with E-state index in [1.54, 1.807) is 60.9 Å². The zero-order valence-corrected chi connectivity index (χ0v) is 76.6. The molecule has 12 rings (SSSR count). The van der Waals surface area contributed by atoms with Gasteiger partial charge in [-0.2, -0.15) is 6.92 Å². The van der Waals surface area contributed by atoms with E-state index in [-0.39, 0.29) is 176 Å². The number of halogens is 1. The smallest absolute Gasteiger partial charge is 0.410 e. The number of hydrogen-bond acceptors (Lipinski definition) is 13. The second kappa shape index (κ2) is 73.6. The van der Waals surface area contributed by atoms with Gasteiger partial charge >= 0.3 is 28.9 Å². The first-order chi connectivity index (χ1) is 45.7. The molecule has 0 atom stereocenters. The van der Waals surface area contributed by atoms with Gasteiger partial charge in [-0.05, 0) is 116 Å². The van der Waals surface area contributed by atoms with Gasteiger partial charge in [-0.3, -0.25) is 32.6 Å². The summed E-state index contributed by atoms with van der Waals surface area (Å²) in [6, 6.07) is 15.7. The Morgan fingerprint density at radius 2 is 0.765 bits per heavy atom. The van der Waals surface area contributed by atoms with E-state index in [9.17, 15) is 24.0 Å². The van der Waals surface area contributed by atoms with E-state index < -0.39 is 5.60 Å². The minimum atomic E-state index is -0.513. The van der Waals surface area contributed by atoms with Crippen molar-refractivity contribution in [3.8, 4) is 0 Å². The van der Waals surface area contributed by atoms with E-state index in [1.807, 2.05) is 213 Å². The SMILES string of the molecule is C.C.C.C.CC.CC.CC.CC.CC.CC.CC.CC.CC.CC.CC(C)(C)OC(=O)N1CC(n2c(=O)[nH]c3cccnc32)C1.CC=O.CCN1CC(n2c(=O)[nH]c3cccnc32)C1.CCN1CC(n2c(=O)n(CC)c3cccnc32)C1.I.O=c1[nH]c2cccnc2n1C1CCC1.[CH2-]C.[W].[W].[Y]. The second-order valence-electron chi connectivity index (χ2n) is 19.1. The third kappa shape index (κ3) is 36.8. The van der Waals surface area contributed by atoms with E-state index in [4.69, 9.17) is 9.53 Å². The number of aldehydes is 1. The van der Waals surface area contributed by atoms with Gasteiger partial charge in [-0.1, -0.05) is 182 Å². The largest absolute Gasteiger partial charge is 0.444 e. The molecule has 0 spiro atoms. The minimum Gasteiger partial charge on any atom is -0.444 e. The van der Waals surface area contributed by atoms with Gasteiger partial charge in [0.1, 0.15) is 11.9 Å². The molecule has 8 aromatic heterocycles. The summed E-state index contributed by atoms with van der Waals surface area (Å²) in [6.07, 6.45) is 10.7. The van der Waals surface area contributed by atoms with Crippen LogP contribution in [-0.4, -0.2) is 143 Å².